The van der Waals surface area contributed by atoms with Crippen LogP contribution in [0.15, 0.2) is 63.8 Å². The van der Waals surface area contributed by atoms with Crippen molar-refractivity contribution in [3.05, 3.63) is 83.4 Å². The zero-order valence-electron chi connectivity index (χ0n) is 22.5. The molecule has 0 bridgehead atoms. The van der Waals surface area contributed by atoms with Crippen molar-refractivity contribution in [3.63, 3.8) is 0 Å². The maximum Gasteiger partial charge on any atom is 0.247 e. The van der Waals surface area contributed by atoms with E-state index in [1.54, 1.807) is 12.5 Å². The van der Waals surface area contributed by atoms with Gasteiger partial charge in [0, 0.05) is 18.7 Å². The fourth-order valence-corrected chi connectivity index (χ4v) is 4.65. The second-order valence-electron chi connectivity index (χ2n) is 10.1. The van der Waals surface area contributed by atoms with Gasteiger partial charge in [-0.3, -0.25) is 4.90 Å². The number of nitrogens with zero attached hydrogens (tertiary/aromatic N) is 4. The molecule has 1 saturated heterocycles. The van der Waals surface area contributed by atoms with Crippen molar-refractivity contribution in [1.82, 2.24) is 20.1 Å². The topological polar surface area (TPSA) is 99.2 Å². The van der Waals surface area contributed by atoms with E-state index in [-0.39, 0.29) is 12.4 Å². The Morgan fingerprint density at radius 3 is 2.39 bits per heavy atom. The van der Waals surface area contributed by atoms with E-state index in [0.717, 1.165) is 28.0 Å². The summed E-state index contributed by atoms with van der Waals surface area (Å²) in [6.07, 6.45) is 2.93. The zero-order chi connectivity index (χ0) is 26.7. The predicted octanol–water partition coefficient (Wildman–Crippen LogP) is 5.46. The van der Waals surface area contributed by atoms with Gasteiger partial charge in [0.2, 0.25) is 17.7 Å². The van der Waals surface area contributed by atoms with Crippen molar-refractivity contribution in [3.8, 4) is 17.2 Å². The molecule has 1 aliphatic rings. The van der Waals surface area contributed by atoms with Crippen LogP contribution in [0.5, 0.6) is 5.75 Å². The van der Waals surface area contributed by atoms with E-state index in [1.165, 1.54) is 0 Å². The van der Waals surface area contributed by atoms with Crippen LogP contribution in [0.25, 0.3) is 11.5 Å². The second-order valence-corrected chi connectivity index (χ2v) is 10.1. The Morgan fingerprint density at radius 1 is 0.974 bits per heavy atom. The lowest BCUT2D eigenvalue weighted by molar-refractivity contribution is 0.0586. The summed E-state index contributed by atoms with van der Waals surface area (Å²) in [4.78, 5) is 6.47. The van der Waals surface area contributed by atoms with Gasteiger partial charge >= 0.3 is 0 Å². The molecule has 1 fully saturated rings. The van der Waals surface area contributed by atoms with Gasteiger partial charge in [-0.15, -0.1) is 10.2 Å². The van der Waals surface area contributed by atoms with E-state index >= 15 is 0 Å². The molecule has 0 radical (unpaired) electrons. The largest absolute Gasteiger partial charge is 0.484 e. The normalized spacial score (nSPS) is 17.2. The third-order valence-electron chi connectivity index (χ3n) is 6.45. The lowest BCUT2D eigenvalue weighted by Gasteiger charge is -2.27. The first-order valence-corrected chi connectivity index (χ1v) is 12.9. The second kappa shape index (κ2) is 11.1. The number of epoxide rings is 1. The van der Waals surface area contributed by atoms with E-state index in [0.29, 0.717) is 43.9 Å². The summed E-state index contributed by atoms with van der Waals surface area (Å²) >= 11 is 0. The highest BCUT2D eigenvalue weighted by atomic mass is 16.8. The molecule has 0 spiro atoms. The maximum absolute atomic E-state index is 6.47. The quantitative estimate of drug-likeness (QED) is 0.226. The van der Waals surface area contributed by atoms with Crippen molar-refractivity contribution in [2.24, 2.45) is 0 Å². The minimum absolute atomic E-state index is 0.0904. The van der Waals surface area contributed by atoms with Gasteiger partial charge in [0.15, 0.2) is 12.4 Å². The summed E-state index contributed by atoms with van der Waals surface area (Å²) in [6.45, 7) is 12.4. The Balaban J connectivity index is 1.32. The van der Waals surface area contributed by atoms with Gasteiger partial charge in [-0.2, -0.15) is 0 Å². The Hall–Kier alpha value is -3.53. The Bertz CT molecular complexity index is 1310. The first-order chi connectivity index (χ1) is 18.3. The zero-order valence-corrected chi connectivity index (χ0v) is 22.5. The van der Waals surface area contributed by atoms with Crippen LogP contribution in [0.2, 0.25) is 0 Å². The Kier molecular flexibility index (Phi) is 7.60. The number of hydrogen-bond acceptors (Lipinski definition) is 9. The average Bonchev–Trinajstić information content (AvgIpc) is 3.25. The lowest BCUT2D eigenvalue weighted by Crippen LogP contribution is -2.37. The Labute approximate surface area is 222 Å². The van der Waals surface area contributed by atoms with Crippen molar-refractivity contribution in [1.29, 1.82) is 0 Å². The van der Waals surface area contributed by atoms with Crippen LogP contribution in [-0.4, -0.2) is 44.7 Å². The predicted molar refractivity (Wildman–Crippen MR) is 140 cm³/mol. The molecule has 38 heavy (non-hydrogen) atoms. The van der Waals surface area contributed by atoms with Crippen LogP contribution in [0.4, 0.5) is 0 Å². The molecule has 1 aliphatic heterocycles. The third-order valence-corrected chi connectivity index (χ3v) is 6.45. The first-order valence-electron chi connectivity index (χ1n) is 12.9. The fourth-order valence-electron chi connectivity index (χ4n) is 4.65. The number of rotatable bonds is 12. The number of aromatic nitrogens is 3. The van der Waals surface area contributed by atoms with Gasteiger partial charge in [0.05, 0.1) is 19.3 Å². The number of hydrogen-bond donors (Lipinski definition) is 0. The van der Waals surface area contributed by atoms with Crippen molar-refractivity contribution in [2.45, 2.75) is 72.2 Å². The summed E-state index contributed by atoms with van der Waals surface area (Å²) in [5.41, 5.74) is 3.63. The molecule has 2 atom stereocenters. The lowest BCUT2D eigenvalue weighted by atomic mass is 10.0. The molecule has 3 heterocycles. The van der Waals surface area contributed by atoms with Crippen LogP contribution in [-0.2, 0) is 29.1 Å². The van der Waals surface area contributed by atoms with E-state index in [2.05, 4.69) is 46.1 Å². The number of oxazole rings is 1. The third kappa shape index (κ3) is 6.12. The van der Waals surface area contributed by atoms with Gasteiger partial charge < -0.3 is 23.0 Å². The molecule has 2 aromatic carbocycles. The van der Waals surface area contributed by atoms with E-state index in [1.807, 2.05) is 51.1 Å². The molecule has 2 unspecified atom stereocenters. The van der Waals surface area contributed by atoms with E-state index < -0.39 is 5.60 Å². The van der Waals surface area contributed by atoms with Gasteiger partial charge in [0.25, 0.3) is 0 Å². The fraction of sp³-hybridized carbons (Fsp3) is 0.414. The van der Waals surface area contributed by atoms with Crippen molar-refractivity contribution >= 4 is 0 Å². The minimum atomic E-state index is -0.512. The molecule has 0 N–H and O–H groups in total. The maximum atomic E-state index is 6.47. The molecule has 200 valence electrons. The van der Waals surface area contributed by atoms with Crippen LogP contribution in [0, 0.1) is 13.8 Å². The molecule has 2 aromatic heterocycles. The monoisotopic (exact) mass is 518 g/mol. The molecule has 0 amide bonds. The molecule has 0 saturated carbocycles. The smallest absolute Gasteiger partial charge is 0.247 e. The molecule has 9 nitrogen and oxygen atoms in total. The van der Waals surface area contributed by atoms with Gasteiger partial charge in [-0.1, -0.05) is 30.3 Å². The number of ether oxygens (including phenoxy) is 3. The van der Waals surface area contributed by atoms with E-state index in [4.69, 9.17) is 23.0 Å². The Morgan fingerprint density at radius 2 is 1.71 bits per heavy atom. The first kappa shape index (κ1) is 26.1. The van der Waals surface area contributed by atoms with Crippen LogP contribution in [0.3, 0.4) is 0 Å². The number of benzene rings is 2. The number of aryl methyl sites for hydroxylation is 2. The SMILES string of the molecule is CCOC1OC1C(C)(C)Oc1c(C)cc(CN(Cc2ncco2)Cc2nnc(-c3ccccc3)o2)cc1C. The highest BCUT2D eigenvalue weighted by molar-refractivity contribution is 5.51. The van der Waals surface area contributed by atoms with E-state index in [9.17, 15) is 0 Å². The standard InChI is InChI=1S/C29H34N4O5/c1-6-34-28-26(37-28)29(4,5)38-25-19(2)14-21(15-20(25)3)16-33(17-23-30-12-13-35-23)18-24-31-32-27(36-24)22-10-8-7-9-11-22/h7-15,26,28H,6,16-18H2,1-5H3. The molecular weight excluding hydrogens is 484 g/mol. The summed E-state index contributed by atoms with van der Waals surface area (Å²) < 4.78 is 29.3. The minimum Gasteiger partial charge on any atom is -0.484 e. The van der Waals surface area contributed by atoms with Gasteiger partial charge in [-0.05, 0) is 63.4 Å². The van der Waals surface area contributed by atoms with Crippen LogP contribution in [0.1, 0.15) is 49.2 Å². The molecule has 5 rings (SSSR count). The van der Waals surface area contributed by atoms with Gasteiger partial charge in [0.1, 0.15) is 17.6 Å². The summed E-state index contributed by atoms with van der Waals surface area (Å²) in [7, 11) is 0. The van der Waals surface area contributed by atoms with Crippen LogP contribution < -0.4 is 4.74 Å². The summed E-state index contributed by atoms with van der Waals surface area (Å²) in [5.74, 6) is 2.52. The van der Waals surface area contributed by atoms with Crippen molar-refractivity contribution < 1.29 is 23.0 Å². The van der Waals surface area contributed by atoms with Gasteiger partial charge in [-0.25, -0.2) is 4.98 Å². The molecule has 4 aromatic rings. The molecule has 0 aliphatic carbocycles. The average molecular weight is 519 g/mol. The highest BCUT2D eigenvalue weighted by Gasteiger charge is 2.52. The molecular formula is C29H34N4O5. The highest BCUT2D eigenvalue weighted by Crippen LogP contribution is 2.38. The summed E-state index contributed by atoms with van der Waals surface area (Å²) in [6, 6.07) is 14.0. The van der Waals surface area contributed by atoms with Crippen LogP contribution >= 0.6 is 0 Å². The van der Waals surface area contributed by atoms with Crippen molar-refractivity contribution in [2.75, 3.05) is 6.61 Å². The summed E-state index contributed by atoms with van der Waals surface area (Å²) in [5, 5.41) is 8.52. The molecule has 9 heteroatoms.